The van der Waals surface area contributed by atoms with E-state index in [-0.39, 0.29) is 0 Å². The van der Waals surface area contributed by atoms with Crippen molar-refractivity contribution in [2.45, 2.75) is 29.1 Å². The number of benzene rings is 8. The maximum atomic E-state index is 14.3. The summed E-state index contributed by atoms with van der Waals surface area (Å²) in [4.78, 5) is 0.757. The van der Waals surface area contributed by atoms with Crippen molar-refractivity contribution < 1.29 is 8.42 Å². The summed E-state index contributed by atoms with van der Waals surface area (Å²) in [6, 6.07) is 62.9. The number of para-hydroxylation sites is 4. The van der Waals surface area contributed by atoms with Crippen LogP contribution in [0.2, 0.25) is 0 Å². The van der Waals surface area contributed by atoms with Gasteiger partial charge in [0, 0.05) is 38.3 Å². The molecule has 0 unspecified atom stereocenters. The van der Waals surface area contributed by atoms with Gasteiger partial charge in [-0.05, 0) is 106 Å². The van der Waals surface area contributed by atoms with Gasteiger partial charge in [-0.15, -0.1) is 0 Å². The van der Waals surface area contributed by atoms with Gasteiger partial charge in [0.2, 0.25) is 9.84 Å². The lowest BCUT2D eigenvalue weighted by Crippen LogP contribution is -2.30. The molecule has 3 heterocycles. The highest BCUT2D eigenvalue weighted by Crippen LogP contribution is 2.48. The molecule has 0 saturated carbocycles. The first kappa shape index (κ1) is 32.7. The van der Waals surface area contributed by atoms with Crippen LogP contribution in [0.5, 0.6) is 0 Å². The molecule has 0 atom stereocenters. The molecule has 4 nitrogen and oxygen atoms in total. The van der Waals surface area contributed by atoms with Crippen molar-refractivity contribution >= 4 is 53.4 Å². The number of rotatable bonds is 4. The summed E-state index contributed by atoms with van der Waals surface area (Å²) in [7, 11) is -3.73. The summed E-state index contributed by atoms with van der Waals surface area (Å²) >= 11 is 0. The van der Waals surface area contributed by atoms with Crippen LogP contribution in [0.3, 0.4) is 0 Å². The highest BCUT2D eigenvalue weighted by atomic mass is 32.2. The Bertz CT molecular complexity index is 3010. The number of hydrogen-bond acceptors (Lipinski definition) is 2. The number of hydrogen-bond donors (Lipinski definition) is 0. The Morgan fingerprint density at radius 3 is 1.02 bits per heavy atom. The first-order valence-electron chi connectivity index (χ1n) is 19.0. The summed E-state index contributed by atoms with van der Waals surface area (Å²) in [6.07, 6.45) is 0. The van der Waals surface area contributed by atoms with Gasteiger partial charge in [-0.3, -0.25) is 0 Å². The van der Waals surface area contributed by atoms with E-state index < -0.39 is 15.3 Å². The largest absolute Gasteiger partial charge is 0.309 e. The molecule has 0 spiro atoms. The second kappa shape index (κ2) is 11.9. The molecule has 1 aliphatic heterocycles. The molecule has 0 amide bonds. The standard InChI is InChI=1S/C51H36N2O2S/c1-51(2)43-31-35(33-19-25-37(26-20-33)52-45-15-7-3-11-39(45)40-12-4-8-16-46(40)52)23-29-49(43)56(54,55)50-30-24-36(32-44(50)51)34-21-27-38(28-22-34)53-47-17-9-5-13-41(47)42-14-6-10-18-48(42)53/h3-32H,1-2H3. The van der Waals surface area contributed by atoms with Crippen LogP contribution >= 0.6 is 0 Å². The van der Waals surface area contributed by atoms with Crippen molar-refractivity contribution in [2.75, 3.05) is 0 Å². The minimum atomic E-state index is -3.73. The second-order valence-electron chi connectivity index (χ2n) is 15.4. The second-order valence-corrected chi connectivity index (χ2v) is 17.3. The van der Waals surface area contributed by atoms with Crippen LogP contribution in [0.1, 0.15) is 25.0 Å². The van der Waals surface area contributed by atoms with E-state index in [1.807, 2.05) is 12.1 Å². The number of nitrogens with zero attached hydrogens (tertiary/aromatic N) is 2. The van der Waals surface area contributed by atoms with Crippen LogP contribution in [0.15, 0.2) is 192 Å². The molecule has 1 aliphatic rings. The fourth-order valence-electron chi connectivity index (χ4n) is 9.14. The summed E-state index contributed by atoms with van der Waals surface area (Å²) < 4.78 is 33.1. The van der Waals surface area contributed by atoms with Gasteiger partial charge >= 0.3 is 0 Å². The molecule has 11 rings (SSSR count). The zero-order chi connectivity index (χ0) is 37.8. The lowest BCUT2D eigenvalue weighted by molar-refractivity contribution is 0.556. The average Bonchev–Trinajstić information content (AvgIpc) is 3.76. The Hall–Kier alpha value is -6.69. The lowest BCUT2D eigenvalue weighted by atomic mass is 9.76. The molecule has 0 aliphatic carbocycles. The molecular weight excluding hydrogens is 705 g/mol. The van der Waals surface area contributed by atoms with Crippen molar-refractivity contribution in [1.82, 2.24) is 9.13 Å². The Morgan fingerprint density at radius 1 is 0.375 bits per heavy atom. The van der Waals surface area contributed by atoms with Crippen LogP contribution in [-0.4, -0.2) is 17.6 Å². The van der Waals surface area contributed by atoms with Gasteiger partial charge in [0.15, 0.2) is 0 Å². The van der Waals surface area contributed by atoms with Crippen LogP contribution < -0.4 is 0 Å². The Kier molecular flexibility index (Phi) is 6.95. The van der Waals surface area contributed by atoms with Gasteiger partial charge in [-0.1, -0.05) is 123 Å². The molecule has 0 saturated heterocycles. The first-order valence-corrected chi connectivity index (χ1v) is 20.5. The molecule has 0 fully saturated rings. The van der Waals surface area contributed by atoms with Crippen molar-refractivity contribution in [3.05, 3.63) is 193 Å². The number of fused-ring (bicyclic) bond motifs is 8. The van der Waals surface area contributed by atoms with Crippen molar-refractivity contribution in [1.29, 1.82) is 0 Å². The molecule has 268 valence electrons. The molecule has 0 N–H and O–H groups in total. The summed E-state index contributed by atoms with van der Waals surface area (Å²) in [6.45, 7) is 4.28. The summed E-state index contributed by atoms with van der Waals surface area (Å²) in [5.41, 5.74) is 11.9. The molecule has 56 heavy (non-hydrogen) atoms. The van der Waals surface area contributed by atoms with Gasteiger partial charge < -0.3 is 9.13 Å². The molecule has 2 aromatic heterocycles. The fourth-order valence-corrected chi connectivity index (χ4v) is 11.1. The van der Waals surface area contributed by atoms with Crippen LogP contribution in [0, 0.1) is 0 Å². The normalized spacial score (nSPS) is 14.3. The maximum Gasteiger partial charge on any atom is 0.207 e. The predicted octanol–water partition coefficient (Wildman–Crippen LogP) is 12.7. The minimum absolute atomic E-state index is 0.379. The van der Waals surface area contributed by atoms with Crippen LogP contribution in [0.4, 0.5) is 0 Å². The topological polar surface area (TPSA) is 44.0 Å². The Labute approximate surface area is 325 Å². The molecule has 0 radical (unpaired) electrons. The third-order valence-corrected chi connectivity index (χ3v) is 13.8. The van der Waals surface area contributed by atoms with Crippen LogP contribution in [-0.2, 0) is 15.3 Å². The van der Waals surface area contributed by atoms with Gasteiger partial charge in [0.05, 0.1) is 31.9 Å². The molecule has 10 aromatic rings. The highest BCUT2D eigenvalue weighted by Gasteiger charge is 2.41. The maximum absolute atomic E-state index is 14.3. The monoisotopic (exact) mass is 740 g/mol. The van der Waals surface area contributed by atoms with Gasteiger partial charge in [-0.2, -0.15) is 0 Å². The van der Waals surface area contributed by atoms with Gasteiger partial charge in [0.1, 0.15) is 0 Å². The first-order chi connectivity index (χ1) is 27.3. The van der Waals surface area contributed by atoms with E-state index in [0.717, 1.165) is 44.8 Å². The van der Waals surface area contributed by atoms with Crippen molar-refractivity contribution in [2.24, 2.45) is 0 Å². The van der Waals surface area contributed by atoms with E-state index in [0.29, 0.717) is 9.79 Å². The summed E-state index contributed by atoms with van der Waals surface area (Å²) in [5, 5.41) is 4.91. The lowest BCUT2D eigenvalue weighted by Gasteiger charge is -2.35. The minimum Gasteiger partial charge on any atom is -0.309 e. The number of sulfone groups is 1. The zero-order valence-electron chi connectivity index (χ0n) is 30.9. The smallest absolute Gasteiger partial charge is 0.207 e. The molecule has 0 bridgehead atoms. The quantitative estimate of drug-likeness (QED) is 0.180. The highest BCUT2D eigenvalue weighted by molar-refractivity contribution is 7.91. The van der Waals surface area contributed by atoms with E-state index in [1.165, 1.54) is 43.6 Å². The van der Waals surface area contributed by atoms with Crippen LogP contribution in [0.25, 0.3) is 77.2 Å². The third-order valence-electron chi connectivity index (χ3n) is 12.0. The van der Waals surface area contributed by atoms with E-state index in [4.69, 9.17) is 0 Å². The van der Waals surface area contributed by atoms with Gasteiger partial charge in [0.25, 0.3) is 0 Å². The SMILES string of the molecule is CC1(C)c2cc(-c3ccc(-n4c5ccccc5c5ccccc54)cc3)ccc2S(=O)(=O)c2ccc(-c3ccc(-n4c5ccccc5c5ccccc54)cc3)cc21. The fraction of sp³-hybridized carbons (Fsp3) is 0.0588. The number of aromatic nitrogens is 2. The van der Waals surface area contributed by atoms with E-state index >= 15 is 0 Å². The van der Waals surface area contributed by atoms with E-state index in [1.54, 1.807) is 12.1 Å². The molecular formula is C51H36N2O2S. The summed E-state index contributed by atoms with van der Waals surface area (Å²) in [5.74, 6) is 0. The zero-order valence-corrected chi connectivity index (χ0v) is 31.8. The van der Waals surface area contributed by atoms with Gasteiger partial charge in [-0.25, -0.2) is 8.42 Å². The molecule has 5 heteroatoms. The third kappa shape index (κ3) is 4.68. The predicted molar refractivity (Wildman–Crippen MR) is 230 cm³/mol. The Morgan fingerprint density at radius 2 is 0.679 bits per heavy atom. The van der Waals surface area contributed by atoms with Crippen molar-refractivity contribution in [3.63, 3.8) is 0 Å². The van der Waals surface area contributed by atoms with E-state index in [2.05, 4.69) is 181 Å². The molecule has 8 aromatic carbocycles. The Balaban J connectivity index is 0.958. The van der Waals surface area contributed by atoms with E-state index in [9.17, 15) is 8.42 Å². The van der Waals surface area contributed by atoms with Crippen molar-refractivity contribution in [3.8, 4) is 33.6 Å². The average molecular weight is 741 g/mol.